The van der Waals surface area contributed by atoms with Gasteiger partial charge in [-0.15, -0.1) is 0 Å². The van der Waals surface area contributed by atoms with Crippen molar-refractivity contribution in [2.24, 2.45) is 5.73 Å². The third kappa shape index (κ3) is 3.06. The maximum Gasteiger partial charge on any atom is 0.324 e. The normalized spacial score (nSPS) is 12.9. The van der Waals surface area contributed by atoms with E-state index in [0.29, 0.717) is 12.5 Å². The van der Waals surface area contributed by atoms with Crippen LogP contribution in [0.5, 0.6) is 0 Å². The van der Waals surface area contributed by atoms with Gasteiger partial charge in [0.2, 0.25) is 0 Å². The lowest BCUT2D eigenvalue weighted by atomic mass is 10.1. The molecule has 0 aromatic carbocycles. The van der Waals surface area contributed by atoms with E-state index in [2.05, 4.69) is 23.7 Å². The van der Waals surface area contributed by atoms with Gasteiger partial charge in [0.1, 0.15) is 6.04 Å². The standard InChI is InChI=1S/C10H17N3O2/c1-7(2)8-4-12-13(5-8)6-9(11)10(14)15-3/h4-5,7,9H,6,11H2,1-3H3. The van der Waals surface area contributed by atoms with Gasteiger partial charge in [0.05, 0.1) is 19.9 Å². The molecule has 1 rings (SSSR count). The Bertz CT molecular complexity index is 333. The highest BCUT2D eigenvalue weighted by Crippen LogP contribution is 2.12. The minimum atomic E-state index is -0.657. The first-order valence-corrected chi connectivity index (χ1v) is 4.90. The Kier molecular flexibility index (Phi) is 3.85. The Balaban J connectivity index is 2.61. The van der Waals surface area contributed by atoms with Crippen LogP contribution in [-0.4, -0.2) is 28.9 Å². The van der Waals surface area contributed by atoms with Crippen LogP contribution in [0.1, 0.15) is 25.3 Å². The lowest BCUT2D eigenvalue weighted by molar-refractivity contribution is -0.142. The zero-order chi connectivity index (χ0) is 11.4. The maximum absolute atomic E-state index is 11.1. The number of ether oxygens (including phenoxy) is 1. The largest absolute Gasteiger partial charge is 0.468 e. The molecule has 84 valence electrons. The van der Waals surface area contributed by atoms with Crippen molar-refractivity contribution >= 4 is 5.97 Å². The number of rotatable bonds is 4. The van der Waals surface area contributed by atoms with Crippen molar-refractivity contribution in [1.29, 1.82) is 0 Å². The van der Waals surface area contributed by atoms with Gasteiger partial charge in [0, 0.05) is 6.20 Å². The molecule has 0 aliphatic carbocycles. The Hall–Kier alpha value is -1.36. The van der Waals surface area contributed by atoms with Crippen LogP contribution in [0, 0.1) is 0 Å². The molecule has 2 N–H and O–H groups in total. The summed E-state index contributed by atoms with van der Waals surface area (Å²) >= 11 is 0. The van der Waals surface area contributed by atoms with Crippen LogP contribution in [0.2, 0.25) is 0 Å². The van der Waals surface area contributed by atoms with Crippen LogP contribution >= 0.6 is 0 Å². The average Bonchev–Trinajstić information content (AvgIpc) is 2.65. The number of esters is 1. The fourth-order valence-corrected chi connectivity index (χ4v) is 1.20. The van der Waals surface area contributed by atoms with Crippen molar-refractivity contribution in [3.63, 3.8) is 0 Å². The minimum absolute atomic E-state index is 0.347. The van der Waals surface area contributed by atoms with E-state index in [1.165, 1.54) is 7.11 Å². The molecule has 0 aliphatic heterocycles. The first kappa shape index (κ1) is 11.7. The Morgan fingerprint density at radius 1 is 1.67 bits per heavy atom. The Morgan fingerprint density at radius 2 is 2.33 bits per heavy atom. The van der Waals surface area contributed by atoms with Crippen molar-refractivity contribution in [1.82, 2.24) is 9.78 Å². The second kappa shape index (κ2) is 4.93. The molecule has 0 amide bonds. The highest BCUT2D eigenvalue weighted by Gasteiger charge is 2.14. The zero-order valence-electron chi connectivity index (χ0n) is 9.30. The second-order valence-electron chi connectivity index (χ2n) is 3.78. The van der Waals surface area contributed by atoms with Crippen LogP contribution in [0.15, 0.2) is 12.4 Å². The van der Waals surface area contributed by atoms with Gasteiger partial charge in [0.25, 0.3) is 0 Å². The number of nitrogens with two attached hydrogens (primary N) is 1. The highest BCUT2D eigenvalue weighted by atomic mass is 16.5. The molecular formula is C10H17N3O2. The fraction of sp³-hybridized carbons (Fsp3) is 0.600. The zero-order valence-corrected chi connectivity index (χ0v) is 9.30. The van der Waals surface area contributed by atoms with Crippen molar-refractivity contribution < 1.29 is 9.53 Å². The molecule has 0 spiro atoms. The smallest absolute Gasteiger partial charge is 0.324 e. The average molecular weight is 211 g/mol. The number of hydrogen-bond acceptors (Lipinski definition) is 4. The quantitative estimate of drug-likeness (QED) is 0.736. The first-order valence-electron chi connectivity index (χ1n) is 4.90. The predicted octanol–water partition coefficient (Wildman–Crippen LogP) is 0.507. The van der Waals surface area contributed by atoms with E-state index < -0.39 is 12.0 Å². The fourth-order valence-electron chi connectivity index (χ4n) is 1.20. The maximum atomic E-state index is 11.1. The Labute approximate surface area is 89.2 Å². The number of methoxy groups -OCH3 is 1. The van der Waals surface area contributed by atoms with Gasteiger partial charge < -0.3 is 10.5 Å². The van der Waals surface area contributed by atoms with Crippen LogP contribution < -0.4 is 5.73 Å². The van der Waals surface area contributed by atoms with E-state index in [9.17, 15) is 4.79 Å². The van der Waals surface area contributed by atoms with Gasteiger partial charge in [-0.2, -0.15) is 5.10 Å². The molecule has 5 nitrogen and oxygen atoms in total. The number of nitrogens with zero attached hydrogens (tertiary/aromatic N) is 2. The molecule has 1 heterocycles. The molecule has 0 saturated heterocycles. The van der Waals surface area contributed by atoms with Crippen molar-refractivity contribution in [2.75, 3.05) is 7.11 Å². The molecule has 15 heavy (non-hydrogen) atoms. The van der Waals surface area contributed by atoms with E-state index in [4.69, 9.17) is 5.73 Å². The summed E-state index contributed by atoms with van der Waals surface area (Å²) in [6.45, 7) is 4.52. The number of carbonyl (C=O) groups is 1. The molecule has 0 radical (unpaired) electrons. The topological polar surface area (TPSA) is 70.1 Å². The number of aromatic nitrogens is 2. The van der Waals surface area contributed by atoms with Gasteiger partial charge in [-0.3, -0.25) is 9.48 Å². The van der Waals surface area contributed by atoms with E-state index >= 15 is 0 Å². The van der Waals surface area contributed by atoms with E-state index in [1.54, 1.807) is 10.9 Å². The molecule has 1 atom stereocenters. The predicted molar refractivity (Wildman–Crippen MR) is 56.3 cm³/mol. The number of hydrogen-bond donors (Lipinski definition) is 1. The van der Waals surface area contributed by atoms with E-state index in [-0.39, 0.29) is 0 Å². The molecule has 1 aromatic heterocycles. The van der Waals surface area contributed by atoms with Crippen LogP contribution in [-0.2, 0) is 16.1 Å². The summed E-state index contributed by atoms with van der Waals surface area (Å²) in [7, 11) is 1.32. The molecule has 0 aliphatic rings. The molecule has 1 unspecified atom stereocenters. The van der Waals surface area contributed by atoms with Crippen LogP contribution in [0.25, 0.3) is 0 Å². The minimum Gasteiger partial charge on any atom is -0.468 e. The van der Waals surface area contributed by atoms with Gasteiger partial charge >= 0.3 is 5.97 Å². The van der Waals surface area contributed by atoms with Gasteiger partial charge in [-0.25, -0.2) is 0 Å². The van der Waals surface area contributed by atoms with Crippen LogP contribution in [0.3, 0.4) is 0 Å². The van der Waals surface area contributed by atoms with Gasteiger partial charge in [0.15, 0.2) is 0 Å². The van der Waals surface area contributed by atoms with Gasteiger partial charge in [-0.05, 0) is 11.5 Å². The van der Waals surface area contributed by atoms with Crippen LogP contribution in [0.4, 0.5) is 0 Å². The summed E-state index contributed by atoms with van der Waals surface area (Å²) in [5, 5.41) is 4.12. The molecule has 1 aromatic rings. The lowest BCUT2D eigenvalue weighted by Crippen LogP contribution is -2.35. The third-order valence-corrected chi connectivity index (χ3v) is 2.21. The molecule has 0 bridgehead atoms. The van der Waals surface area contributed by atoms with Gasteiger partial charge in [-0.1, -0.05) is 13.8 Å². The van der Waals surface area contributed by atoms with Crippen molar-refractivity contribution in [3.05, 3.63) is 18.0 Å². The third-order valence-electron chi connectivity index (χ3n) is 2.21. The Morgan fingerprint density at radius 3 is 2.80 bits per heavy atom. The number of carbonyl (C=O) groups excluding carboxylic acids is 1. The molecule has 0 fully saturated rings. The summed E-state index contributed by atoms with van der Waals surface area (Å²) < 4.78 is 6.20. The summed E-state index contributed by atoms with van der Waals surface area (Å²) in [6.07, 6.45) is 3.68. The lowest BCUT2D eigenvalue weighted by Gasteiger charge is -2.08. The monoisotopic (exact) mass is 211 g/mol. The SMILES string of the molecule is COC(=O)C(N)Cn1cc(C(C)C)cn1. The summed E-state index contributed by atoms with van der Waals surface area (Å²) in [6, 6.07) is -0.657. The van der Waals surface area contributed by atoms with Crippen molar-refractivity contribution in [3.8, 4) is 0 Å². The van der Waals surface area contributed by atoms with Crippen molar-refractivity contribution in [2.45, 2.75) is 32.4 Å². The first-order chi connectivity index (χ1) is 7.04. The molecule has 5 heteroatoms. The molecule has 0 saturated carbocycles. The van der Waals surface area contributed by atoms with E-state index in [0.717, 1.165) is 5.56 Å². The highest BCUT2D eigenvalue weighted by molar-refractivity contribution is 5.75. The molecular weight excluding hydrogens is 194 g/mol. The summed E-state index contributed by atoms with van der Waals surface area (Å²) in [4.78, 5) is 11.1. The summed E-state index contributed by atoms with van der Waals surface area (Å²) in [5.41, 5.74) is 6.74. The second-order valence-corrected chi connectivity index (χ2v) is 3.78. The van der Waals surface area contributed by atoms with E-state index in [1.807, 2.05) is 6.20 Å². The summed E-state index contributed by atoms with van der Waals surface area (Å²) in [5.74, 6) is 0.00435.